The second-order valence-corrected chi connectivity index (χ2v) is 4.45. The minimum absolute atomic E-state index is 1.07. The lowest BCUT2D eigenvalue weighted by molar-refractivity contribution is 0.368. The van der Waals surface area contributed by atoms with Crippen LogP contribution in [0.1, 0.15) is 51.3 Å². The molecule has 2 nitrogen and oxygen atoms in total. The number of rotatable bonds is 8. The average molecular weight is 293 g/mol. The predicted molar refractivity (Wildman–Crippen MR) is 75.9 cm³/mol. The van der Waals surface area contributed by atoms with Crippen LogP contribution in [0.25, 0.3) is 6.20 Å². The van der Waals surface area contributed by atoms with E-state index < -0.39 is 7.25 Å². The zero-order valence-electron chi connectivity index (χ0n) is 11.9. The Hall–Kier alpha value is -1.27. The van der Waals surface area contributed by atoms with E-state index in [4.69, 9.17) is 0 Å². The summed E-state index contributed by atoms with van der Waals surface area (Å²) in [6.45, 7) is 6.01. The molecule has 0 radical (unpaired) electrons. The first-order chi connectivity index (χ1) is 9.38. The quantitative estimate of drug-likeness (QED) is 0.366. The molecular weight excluding hydrogens is 271 g/mol. The smallest absolute Gasteiger partial charge is 0.418 e. The van der Waals surface area contributed by atoms with Crippen molar-refractivity contribution in [3.8, 4) is 0 Å². The highest BCUT2D eigenvalue weighted by molar-refractivity contribution is 6.50. The molecule has 1 aromatic rings. The molecule has 0 spiro atoms. The van der Waals surface area contributed by atoms with Gasteiger partial charge in [0.05, 0.1) is 0 Å². The Balaban J connectivity index is 0.000000621. The van der Waals surface area contributed by atoms with Gasteiger partial charge in [0.2, 0.25) is 0 Å². The van der Waals surface area contributed by atoms with Gasteiger partial charge in [0.15, 0.2) is 0 Å². The third-order valence-corrected chi connectivity index (χ3v) is 2.70. The van der Waals surface area contributed by atoms with Crippen LogP contribution in [0.4, 0.5) is 17.3 Å². The fraction of sp³-hybridized carbons (Fsp3) is 0.615. The lowest BCUT2D eigenvalue weighted by Gasteiger charge is -2.02. The molecule has 1 aromatic heterocycles. The van der Waals surface area contributed by atoms with E-state index in [9.17, 15) is 17.3 Å². The normalized spacial score (nSPS) is 10.8. The fourth-order valence-electron chi connectivity index (χ4n) is 1.77. The maximum Gasteiger partial charge on any atom is 0.673 e. The fourth-order valence-corrected chi connectivity index (χ4v) is 1.77. The summed E-state index contributed by atoms with van der Waals surface area (Å²) in [4.78, 5) is 4.31. The molecule has 0 bridgehead atoms. The van der Waals surface area contributed by atoms with E-state index in [1.165, 1.54) is 38.5 Å². The van der Waals surface area contributed by atoms with Crippen LogP contribution in [0.15, 0.2) is 19.0 Å². The van der Waals surface area contributed by atoms with Crippen molar-refractivity contribution in [1.29, 1.82) is 0 Å². The molecule has 0 aliphatic carbocycles. The standard InChI is InChI=1S/C13H22N2.BF4/c1-3-5-6-7-8-9-10-13-14-11-12-15(13)4-2;2-1(3,4)5/h4,11-12H,2-3,5-10H2,1H3;/q;-1. The van der Waals surface area contributed by atoms with Crippen molar-refractivity contribution in [3.63, 3.8) is 0 Å². The molecule has 20 heavy (non-hydrogen) atoms. The van der Waals surface area contributed by atoms with Crippen molar-refractivity contribution in [2.45, 2.75) is 51.9 Å². The van der Waals surface area contributed by atoms with E-state index >= 15 is 0 Å². The molecule has 0 aliphatic heterocycles. The first kappa shape index (κ1) is 18.7. The van der Waals surface area contributed by atoms with Crippen molar-refractivity contribution in [2.75, 3.05) is 0 Å². The SMILES string of the molecule is C=Cn1ccnc1CCCCCCCC.F[B-](F)(F)F. The maximum absolute atomic E-state index is 9.75. The molecule has 0 saturated heterocycles. The molecule has 116 valence electrons. The van der Waals surface area contributed by atoms with Gasteiger partial charge in [0.25, 0.3) is 0 Å². The van der Waals surface area contributed by atoms with Crippen LogP contribution in [0, 0.1) is 0 Å². The van der Waals surface area contributed by atoms with Gasteiger partial charge in [-0.1, -0.05) is 45.6 Å². The van der Waals surface area contributed by atoms with E-state index in [2.05, 4.69) is 18.5 Å². The van der Waals surface area contributed by atoms with E-state index in [1.807, 2.05) is 23.2 Å². The minimum Gasteiger partial charge on any atom is -0.418 e. The molecule has 0 saturated carbocycles. The van der Waals surface area contributed by atoms with E-state index in [1.54, 1.807) is 0 Å². The lowest BCUT2D eigenvalue weighted by Crippen LogP contribution is -2.02. The van der Waals surface area contributed by atoms with Gasteiger partial charge in [-0.2, -0.15) is 0 Å². The number of nitrogens with zero attached hydrogens (tertiary/aromatic N) is 2. The minimum atomic E-state index is -6.00. The molecule has 0 unspecified atom stereocenters. The number of imidazole rings is 1. The third kappa shape index (κ3) is 11.8. The molecular formula is C13H22BF4N2-. The first-order valence-corrected chi connectivity index (χ1v) is 6.90. The number of unbranched alkanes of at least 4 members (excludes halogenated alkanes) is 5. The van der Waals surface area contributed by atoms with Crippen molar-refractivity contribution in [3.05, 3.63) is 24.8 Å². The summed E-state index contributed by atoms with van der Waals surface area (Å²) in [6, 6.07) is 0. The lowest BCUT2D eigenvalue weighted by atomic mass is 10.1. The van der Waals surface area contributed by atoms with Crippen LogP contribution in [-0.4, -0.2) is 16.8 Å². The molecule has 0 amide bonds. The molecule has 7 heteroatoms. The first-order valence-electron chi connectivity index (χ1n) is 6.90. The van der Waals surface area contributed by atoms with Crippen LogP contribution < -0.4 is 0 Å². The molecule has 0 aromatic carbocycles. The van der Waals surface area contributed by atoms with Gasteiger partial charge in [-0.25, -0.2) is 4.98 Å². The topological polar surface area (TPSA) is 17.8 Å². The van der Waals surface area contributed by atoms with Crippen molar-refractivity contribution >= 4 is 13.5 Å². The molecule has 0 N–H and O–H groups in total. The van der Waals surface area contributed by atoms with Gasteiger partial charge in [0, 0.05) is 25.0 Å². The van der Waals surface area contributed by atoms with Gasteiger partial charge in [-0.05, 0) is 6.42 Å². The highest BCUT2D eigenvalue weighted by Gasteiger charge is 2.20. The van der Waals surface area contributed by atoms with Gasteiger partial charge < -0.3 is 21.8 Å². The van der Waals surface area contributed by atoms with Crippen molar-refractivity contribution in [1.82, 2.24) is 9.55 Å². The Morgan fingerprint density at radius 2 is 1.70 bits per heavy atom. The number of hydrogen-bond acceptors (Lipinski definition) is 1. The zero-order chi connectivity index (χ0) is 15.4. The second kappa shape index (κ2) is 10.5. The summed E-state index contributed by atoms with van der Waals surface area (Å²) in [5.74, 6) is 1.14. The highest BCUT2D eigenvalue weighted by atomic mass is 19.5. The Kier molecular flexibility index (Phi) is 9.85. The maximum atomic E-state index is 9.75. The van der Waals surface area contributed by atoms with Crippen LogP contribution >= 0.6 is 0 Å². The molecule has 0 fully saturated rings. The molecule has 1 heterocycles. The van der Waals surface area contributed by atoms with Crippen molar-refractivity contribution in [2.24, 2.45) is 0 Å². The van der Waals surface area contributed by atoms with Crippen LogP contribution in [0.2, 0.25) is 0 Å². The molecule has 1 rings (SSSR count). The summed E-state index contributed by atoms with van der Waals surface area (Å²) in [7, 11) is -6.00. The summed E-state index contributed by atoms with van der Waals surface area (Å²) in [5.41, 5.74) is 0. The van der Waals surface area contributed by atoms with Crippen LogP contribution in [-0.2, 0) is 6.42 Å². The van der Waals surface area contributed by atoms with E-state index in [0.717, 1.165) is 12.2 Å². The van der Waals surface area contributed by atoms with E-state index in [0.29, 0.717) is 0 Å². The van der Waals surface area contributed by atoms with Gasteiger partial charge in [-0.15, -0.1) is 0 Å². The monoisotopic (exact) mass is 293 g/mol. The highest BCUT2D eigenvalue weighted by Crippen LogP contribution is 2.09. The van der Waals surface area contributed by atoms with Crippen molar-refractivity contribution < 1.29 is 17.3 Å². The Morgan fingerprint density at radius 1 is 1.15 bits per heavy atom. The molecule has 0 atom stereocenters. The predicted octanol–water partition coefficient (Wildman–Crippen LogP) is 5.19. The summed E-state index contributed by atoms with van der Waals surface area (Å²) in [6.07, 6.45) is 14.7. The average Bonchev–Trinajstić information content (AvgIpc) is 2.79. The second-order valence-electron chi connectivity index (χ2n) is 4.45. The Bertz CT molecular complexity index is 357. The zero-order valence-corrected chi connectivity index (χ0v) is 11.9. The van der Waals surface area contributed by atoms with Gasteiger partial charge in [-0.3, -0.25) is 0 Å². The van der Waals surface area contributed by atoms with Gasteiger partial charge >= 0.3 is 7.25 Å². The number of hydrogen-bond donors (Lipinski definition) is 0. The number of aromatic nitrogens is 2. The summed E-state index contributed by atoms with van der Waals surface area (Å²) in [5, 5.41) is 0. The third-order valence-electron chi connectivity index (χ3n) is 2.70. The number of halogens is 4. The number of aryl methyl sites for hydroxylation is 1. The van der Waals surface area contributed by atoms with Crippen LogP contribution in [0.3, 0.4) is 0 Å². The summed E-state index contributed by atoms with van der Waals surface area (Å²) < 4.78 is 41.0. The summed E-state index contributed by atoms with van der Waals surface area (Å²) >= 11 is 0. The largest absolute Gasteiger partial charge is 0.673 e. The van der Waals surface area contributed by atoms with Gasteiger partial charge in [0.1, 0.15) is 5.82 Å². The Labute approximate surface area is 118 Å². The van der Waals surface area contributed by atoms with Crippen LogP contribution in [0.5, 0.6) is 0 Å². The Morgan fingerprint density at radius 3 is 2.25 bits per heavy atom. The molecule has 0 aliphatic rings. The van der Waals surface area contributed by atoms with E-state index in [-0.39, 0.29) is 0 Å².